The molecule has 3 aromatic rings. The number of anilines is 1. The molecular weight excluding hydrogens is 370 g/mol. The molecule has 2 amide bonds. The first kappa shape index (κ1) is 18.8. The molecule has 0 atom stereocenters. The van der Waals surface area contributed by atoms with Gasteiger partial charge in [-0.25, -0.2) is 4.68 Å². The average Bonchev–Trinajstić information content (AvgIpc) is 3.24. The molecule has 2 heterocycles. The van der Waals surface area contributed by atoms with E-state index in [1.54, 1.807) is 40.0 Å². The molecule has 2 aromatic carbocycles. The van der Waals surface area contributed by atoms with Gasteiger partial charge in [0.2, 0.25) is 0 Å². The Morgan fingerprint density at radius 2 is 1.72 bits per heavy atom. The number of hydrogen-bond donors (Lipinski definition) is 1. The van der Waals surface area contributed by atoms with Gasteiger partial charge in [0.15, 0.2) is 5.69 Å². The normalized spacial score (nSPS) is 13.9. The summed E-state index contributed by atoms with van der Waals surface area (Å²) in [5.74, 6) is -0.538. The Labute approximate surface area is 168 Å². The highest BCUT2D eigenvalue weighted by atomic mass is 16.5. The Balaban J connectivity index is 1.47. The third-order valence-corrected chi connectivity index (χ3v) is 4.66. The van der Waals surface area contributed by atoms with Crippen molar-refractivity contribution in [3.05, 3.63) is 77.6 Å². The van der Waals surface area contributed by atoms with Gasteiger partial charge < -0.3 is 15.0 Å². The minimum Gasteiger partial charge on any atom is -0.378 e. The van der Waals surface area contributed by atoms with Gasteiger partial charge in [0.05, 0.1) is 37.2 Å². The zero-order chi connectivity index (χ0) is 20.1. The van der Waals surface area contributed by atoms with Crippen molar-refractivity contribution in [1.29, 1.82) is 0 Å². The van der Waals surface area contributed by atoms with Crippen molar-refractivity contribution >= 4 is 17.5 Å². The topological polar surface area (TPSA) is 89.4 Å². The third kappa shape index (κ3) is 4.49. The van der Waals surface area contributed by atoms with E-state index in [0.717, 1.165) is 5.56 Å². The highest BCUT2D eigenvalue weighted by Crippen LogP contribution is 2.19. The summed E-state index contributed by atoms with van der Waals surface area (Å²) in [6.07, 6.45) is 1.59. The summed E-state index contributed by atoms with van der Waals surface area (Å²) >= 11 is 0. The largest absolute Gasteiger partial charge is 0.378 e. The maximum absolute atomic E-state index is 12.8. The van der Waals surface area contributed by atoms with E-state index in [1.165, 1.54) is 0 Å². The molecule has 1 N–H and O–H groups in total. The summed E-state index contributed by atoms with van der Waals surface area (Å²) < 4.78 is 6.91. The van der Waals surface area contributed by atoms with Crippen molar-refractivity contribution in [1.82, 2.24) is 19.9 Å². The molecule has 0 unspecified atom stereocenters. The summed E-state index contributed by atoms with van der Waals surface area (Å²) in [5, 5.41) is 10.8. The highest BCUT2D eigenvalue weighted by Gasteiger charge is 2.22. The summed E-state index contributed by atoms with van der Waals surface area (Å²) in [5.41, 5.74) is 2.14. The molecule has 1 aliphatic heterocycles. The van der Waals surface area contributed by atoms with Crippen molar-refractivity contribution in [2.75, 3.05) is 31.6 Å². The van der Waals surface area contributed by atoms with Gasteiger partial charge in [-0.15, -0.1) is 5.10 Å². The fourth-order valence-electron chi connectivity index (χ4n) is 3.15. The molecule has 1 aromatic heterocycles. The van der Waals surface area contributed by atoms with E-state index in [-0.39, 0.29) is 11.6 Å². The van der Waals surface area contributed by atoms with Crippen molar-refractivity contribution in [2.24, 2.45) is 0 Å². The number of nitrogens with one attached hydrogen (secondary N) is 1. The van der Waals surface area contributed by atoms with E-state index in [0.29, 0.717) is 44.1 Å². The standard InChI is InChI=1S/C21H21N5O3/c27-20(19-15-26(24-23-19)14-16-6-2-1-3-7-16)22-18-9-5-4-8-17(18)21(28)25-10-12-29-13-11-25/h1-9,15H,10-14H2,(H,22,27). The summed E-state index contributed by atoms with van der Waals surface area (Å²) in [7, 11) is 0. The Bertz CT molecular complexity index is 996. The first-order chi connectivity index (χ1) is 14.2. The molecule has 1 saturated heterocycles. The number of carbonyl (C=O) groups excluding carboxylic acids is 2. The number of ether oxygens (including phenoxy) is 1. The fourth-order valence-corrected chi connectivity index (χ4v) is 3.15. The predicted octanol–water partition coefficient (Wildman–Crippen LogP) is 2.05. The van der Waals surface area contributed by atoms with Crippen molar-refractivity contribution in [3.63, 3.8) is 0 Å². The molecule has 0 spiro atoms. The minimum atomic E-state index is -0.411. The number of carbonyl (C=O) groups is 2. The zero-order valence-electron chi connectivity index (χ0n) is 15.8. The molecule has 1 aliphatic rings. The molecule has 4 rings (SSSR count). The lowest BCUT2D eigenvalue weighted by atomic mass is 10.1. The Morgan fingerprint density at radius 3 is 2.52 bits per heavy atom. The number of morpholine rings is 1. The second kappa shape index (κ2) is 8.66. The second-order valence-corrected chi connectivity index (χ2v) is 6.69. The molecule has 0 aliphatic carbocycles. The van der Waals surface area contributed by atoms with Gasteiger partial charge in [-0.3, -0.25) is 9.59 Å². The van der Waals surface area contributed by atoms with Crippen LogP contribution >= 0.6 is 0 Å². The number of para-hydroxylation sites is 1. The number of nitrogens with zero attached hydrogens (tertiary/aromatic N) is 4. The van der Waals surface area contributed by atoms with Gasteiger partial charge in [-0.2, -0.15) is 0 Å². The molecule has 29 heavy (non-hydrogen) atoms. The molecule has 8 nitrogen and oxygen atoms in total. The Morgan fingerprint density at radius 1 is 1.00 bits per heavy atom. The van der Waals surface area contributed by atoms with Crippen LogP contribution in [0.25, 0.3) is 0 Å². The number of aromatic nitrogens is 3. The number of rotatable bonds is 5. The van der Waals surface area contributed by atoms with Crippen molar-refractivity contribution in [3.8, 4) is 0 Å². The van der Waals surface area contributed by atoms with E-state index >= 15 is 0 Å². The Hall–Kier alpha value is -3.52. The number of amides is 2. The van der Waals surface area contributed by atoms with Crippen molar-refractivity contribution in [2.45, 2.75) is 6.54 Å². The lowest BCUT2D eigenvalue weighted by Gasteiger charge is -2.27. The number of benzene rings is 2. The van der Waals surface area contributed by atoms with Crippen LogP contribution < -0.4 is 5.32 Å². The zero-order valence-corrected chi connectivity index (χ0v) is 15.8. The molecule has 1 fully saturated rings. The summed E-state index contributed by atoms with van der Waals surface area (Å²) in [4.78, 5) is 27.2. The molecular formula is C21H21N5O3. The molecule has 148 valence electrons. The van der Waals surface area contributed by atoms with Crippen molar-refractivity contribution < 1.29 is 14.3 Å². The minimum absolute atomic E-state index is 0.128. The smallest absolute Gasteiger partial charge is 0.277 e. The van der Waals surface area contributed by atoms with Crippen LogP contribution in [0, 0.1) is 0 Å². The molecule has 0 saturated carbocycles. The van der Waals surface area contributed by atoms with Gasteiger partial charge in [0, 0.05) is 13.1 Å². The van der Waals surface area contributed by atoms with E-state index in [2.05, 4.69) is 15.6 Å². The van der Waals surface area contributed by atoms with Crippen LogP contribution in [0.2, 0.25) is 0 Å². The maximum Gasteiger partial charge on any atom is 0.277 e. The van der Waals surface area contributed by atoms with Crippen LogP contribution in [0.5, 0.6) is 0 Å². The first-order valence-corrected chi connectivity index (χ1v) is 9.42. The van der Waals surface area contributed by atoms with Crippen LogP contribution in [0.3, 0.4) is 0 Å². The van der Waals surface area contributed by atoms with E-state index in [1.807, 2.05) is 30.3 Å². The van der Waals surface area contributed by atoms with Gasteiger partial charge in [-0.05, 0) is 17.7 Å². The average molecular weight is 391 g/mol. The molecule has 0 radical (unpaired) electrons. The first-order valence-electron chi connectivity index (χ1n) is 9.42. The molecule has 0 bridgehead atoms. The monoisotopic (exact) mass is 391 g/mol. The van der Waals surface area contributed by atoms with E-state index < -0.39 is 5.91 Å². The van der Waals surface area contributed by atoms with Crippen LogP contribution in [-0.4, -0.2) is 58.0 Å². The van der Waals surface area contributed by atoms with E-state index in [9.17, 15) is 9.59 Å². The molecule has 8 heteroatoms. The van der Waals surface area contributed by atoms with Crippen LogP contribution in [-0.2, 0) is 11.3 Å². The lowest BCUT2D eigenvalue weighted by molar-refractivity contribution is 0.0303. The summed E-state index contributed by atoms with van der Waals surface area (Å²) in [6.45, 7) is 2.63. The van der Waals surface area contributed by atoms with Gasteiger partial charge in [0.25, 0.3) is 11.8 Å². The van der Waals surface area contributed by atoms with Crippen LogP contribution in [0.1, 0.15) is 26.4 Å². The Kier molecular flexibility index (Phi) is 5.62. The third-order valence-electron chi connectivity index (χ3n) is 4.66. The highest BCUT2D eigenvalue weighted by molar-refractivity contribution is 6.08. The lowest BCUT2D eigenvalue weighted by Crippen LogP contribution is -2.41. The van der Waals surface area contributed by atoms with Gasteiger partial charge >= 0.3 is 0 Å². The maximum atomic E-state index is 12.8. The second-order valence-electron chi connectivity index (χ2n) is 6.69. The predicted molar refractivity (Wildman–Crippen MR) is 107 cm³/mol. The number of hydrogen-bond acceptors (Lipinski definition) is 5. The van der Waals surface area contributed by atoms with Crippen LogP contribution in [0.4, 0.5) is 5.69 Å². The quantitative estimate of drug-likeness (QED) is 0.719. The van der Waals surface area contributed by atoms with Gasteiger partial charge in [0.1, 0.15) is 0 Å². The fraction of sp³-hybridized carbons (Fsp3) is 0.238. The van der Waals surface area contributed by atoms with Gasteiger partial charge in [-0.1, -0.05) is 47.7 Å². The van der Waals surface area contributed by atoms with E-state index in [4.69, 9.17) is 4.74 Å². The van der Waals surface area contributed by atoms with Crippen LogP contribution in [0.15, 0.2) is 60.8 Å². The summed E-state index contributed by atoms with van der Waals surface area (Å²) in [6, 6.07) is 16.8. The SMILES string of the molecule is O=C(Nc1ccccc1C(=O)N1CCOCC1)c1cn(Cc2ccccc2)nn1.